The van der Waals surface area contributed by atoms with Crippen LogP contribution in [0.1, 0.15) is 51.4 Å². The summed E-state index contributed by atoms with van der Waals surface area (Å²) < 4.78 is 0. The summed E-state index contributed by atoms with van der Waals surface area (Å²) in [6.07, 6.45) is 12.9. The van der Waals surface area contributed by atoms with Crippen molar-refractivity contribution in [1.29, 1.82) is 0 Å². The number of hydrogen-bond acceptors (Lipinski definition) is 0. The Morgan fingerprint density at radius 1 is 0.600 bits per heavy atom. The van der Waals surface area contributed by atoms with Crippen LogP contribution in [0, 0.1) is 23.7 Å². The summed E-state index contributed by atoms with van der Waals surface area (Å²) in [5.41, 5.74) is 2.40. The van der Waals surface area contributed by atoms with Crippen LogP contribution in [0.3, 0.4) is 0 Å². The van der Waals surface area contributed by atoms with Crippen molar-refractivity contribution in [3.8, 4) is 0 Å². The second-order valence-electron chi connectivity index (χ2n) is 6.73. The van der Waals surface area contributed by atoms with Gasteiger partial charge in [-0.1, -0.05) is 12.8 Å². The maximum absolute atomic E-state index is 1.64. The monoisotopic (exact) mass is 222 g/mol. The van der Waals surface area contributed by atoms with Crippen molar-refractivity contribution in [1.82, 2.24) is 0 Å². The van der Waals surface area contributed by atoms with E-state index >= 15 is 0 Å². The third kappa shape index (κ3) is 1.51. The highest BCUT2D eigenvalue weighted by Crippen LogP contribution is 2.58. The van der Waals surface area contributed by atoms with Crippen LogP contribution in [0.5, 0.6) is 0 Å². The Morgan fingerprint density at radius 3 is 1.47 bits per heavy atom. The predicted molar refractivity (Wildman–Crippen MR) is 66.8 cm³/mol. The largest absolute Gasteiger partial charge is 0.115 e. The van der Waals surface area contributed by atoms with Crippen molar-refractivity contribution in [2.45, 2.75) is 62.7 Å². The molecule has 0 saturated heterocycles. The summed E-state index contributed by atoms with van der Waals surface area (Å²) >= 11 is 0. The number of rotatable bonds is 2. The molecular formula is C14H23P. The van der Waals surface area contributed by atoms with Gasteiger partial charge >= 0.3 is 0 Å². The Labute approximate surface area is 95.4 Å². The zero-order chi connectivity index (χ0) is 9.83. The van der Waals surface area contributed by atoms with Gasteiger partial charge in [0.15, 0.2) is 0 Å². The third-order valence-electron chi connectivity index (χ3n) is 5.90. The van der Waals surface area contributed by atoms with Crippen LogP contribution >= 0.6 is 8.58 Å². The molecule has 0 radical (unpaired) electrons. The molecule has 0 nitrogen and oxygen atoms in total. The van der Waals surface area contributed by atoms with Crippen molar-refractivity contribution in [3.05, 3.63) is 0 Å². The molecule has 5 unspecified atom stereocenters. The predicted octanol–water partition coefficient (Wildman–Crippen LogP) is 4.04. The van der Waals surface area contributed by atoms with E-state index in [0.29, 0.717) is 0 Å². The summed E-state index contributed by atoms with van der Waals surface area (Å²) in [6, 6.07) is 0. The van der Waals surface area contributed by atoms with Gasteiger partial charge in [0.05, 0.1) is 0 Å². The van der Waals surface area contributed by atoms with E-state index in [1.807, 2.05) is 0 Å². The van der Waals surface area contributed by atoms with E-state index in [0.717, 1.165) is 0 Å². The first-order chi connectivity index (χ1) is 7.38. The molecular weight excluding hydrogens is 199 g/mol. The highest BCUT2D eigenvalue weighted by Gasteiger charge is 2.44. The second kappa shape index (κ2) is 3.46. The molecule has 0 heterocycles. The second-order valence-corrected chi connectivity index (χ2v) is 8.55. The maximum atomic E-state index is 1.64. The molecule has 4 bridgehead atoms. The zero-order valence-corrected chi connectivity index (χ0v) is 10.6. The number of fused-ring (bicyclic) bond motifs is 4. The van der Waals surface area contributed by atoms with Crippen molar-refractivity contribution < 1.29 is 0 Å². The molecule has 4 rings (SSSR count). The zero-order valence-electron chi connectivity index (χ0n) is 9.62. The van der Waals surface area contributed by atoms with Crippen molar-refractivity contribution in [2.75, 3.05) is 0 Å². The molecule has 7 atom stereocenters. The fraction of sp³-hybridized carbons (Fsp3) is 1.00. The molecule has 0 aromatic heterocycles. The van der Waals surface area contributed by atoms with Crippen LogP contribution in [-0.4, -0.2) is 11.3 Å². The normalized spacial score (nSPS) is 57.6. The number of hydrogen-bond donors (Lipinski definition) is 0. The molecule has 4 aliphatic rings. The van der Waals surface area contributed by atoms with Gasteiger partial charge in [0.1, 0.15) is 0 Å². The van der Waals surface area contributed by atoms with Gasteiger partial charge in [-0.15, -0.1) is 8.58 Å². The standard InChI is InChI=1S/C14H23P/c1-3-11-5-9(1)7-13(11)15-14-8-10-2-4-12(14)6-10/h9-15H,1-8H2/t9-,10?,11+,12?,13?,14?/m0/s1. The van der Waals surface area contributed by atoms with Gasteiger partial charge in [-0.25, -0.2) is 0 Å². The summed E-state index contributed by atoms with van der Waals surface area (Å²) in [7, 11) is 1.37. The molecule has 0 amide bonds. The van der Waals surface area contributed by atoms with Crippen LogP contribution < -0.4 is 0 Å². The van der Waals surface area contributed by atoms with Gasteiger partial charge in [0.25, 0.3) is 0 Å². The van der Waals surface area contributed by atoms with E-state index in [4.69, 9.17) is 0 Å². The first kappa shape index (κ1) is 9.46. The Hall–Kier alpha value is 0.430. The first-order valence-corrected chi connectivity index (χ1v) is 8.30. The van der Waals surface area contributed by atoms with E-state index in [9.17, 15) is 0 Å². The first-order valence-electron chi connectivity index (χ1n) is 7.14. The SMILES string of the molecule is C1CC2CC1CC2PC1C[C@H]2CC[C@@H]1C2. The van der Waals surface area contributed by atoms with Gasteiger partial charge in [-0.3, -0.25) is 0 Å². The third-order valence-corrected chi connectivity index (χ3v) is 8.17. The van der Waals surface area contributed by atoms with Crippen LogP contribution in [0.15, 0.2) is 0 Å². The van der Waals surface area contributed by atoms with Crippen LogP contribution in [-0.2, 0) is 0 Å². The molecule has 15 heavy (non-hydrogen) atoms. The smallest absolute Gasteiger partial charge is 0.0203 e. The van der Waals surface area contributed by atoms with E-state index in [1.165, 1.54) is 43.6 Å². The van der Waals surface area contributed by atoms with Crippen LogP contribution in [0.4, 0.5) is 0 Å². The van der Waals surface area contributed by atoms with E-state index in [2.05, 4.69) is 0 Å². The minimum absolute atomic E-state index is 1.17. The average Bonchev–Trinajstić information content (AvgIpc) is 2.96. The average molecular weight is 222 g/mol. The van der Waals surface area contributed by atoms with Gasteiger partial charge in [-0.05, 0) is 73.5 Å². The van der Waals surface area contributed by atoms with Gasteiger partial charge < -0.3 is 0 Å². The van der Waals surface area contributed by atoms with Crippen molar-refractivity contribution >= 4 is 8.58 Å². The van der Waals surface area contributed by atoms with E-state index < -0.39 is 0 Å². The lowest BCUT2D eigenvalue weighted by Gasteiger charge is -2.29. The fourth-order valence-corrected chi connectivity index (χ4v) is 7.81. The quantitative estimate of drug-likeness (QED) is 0.618. The molecule has 1 heteroatoms. The highest BCUT2D eigenvalue weighted by molar-refractivity contribution is 7.39. The molecule has 0 aromatic rings. The lowest BCUT2D eigenvalue weighted by atomic mass is 10.00. The minimum Gasteiger partial charge on any atom is -0.115 e. The topological polar surface area (TPSA) is 0 Å². The van der Waals surface area contributed by atoms with E-state index in [-0.39, 0.29) is 0 Å². The lowest BCUT2D eigenvalue weighted by molar-refractivity contribution is 0.466. The summed E-state index contributed by atoms with van der Waals surface area (Å²) in [4.78, 5) is 0. The molecule has 0 aliphatic heterocycles. The molecule has 84 valence electrons. The van der Waals surface area contributed by atoms with Crippen molar-refractivity contribution in [2.24, 2.45) is 23.7 Å². The molecule has 4 saturated carbocycles. The summed E-state index contributed by atoms with van der Waals surface area (Å²) in [6.45, 7) is 0. The Morgan fingerprint density at radius 2 is 1.13 bits per heavy atom. The van der Waals surface area contributed by atoms with Crippen molar-refractivity contribution in [3.63, 3.8) is 0 Å². The Balaban J connectivity index is 1.40. The summed E-state index contributed by atoms with van der Waals surface area (Å²) in [5, 5.41) is 0. The van der Waals surface area contributed by atoms with Crippen LogP contribution in [0.25, 0.3) is 0 Å². The Bertz CT molecular complexity index is 236. The molecule has 0 N–H and O–H groups in total. The van der Waals surface area contributed by atoms with E-state index in [1.54, 1.807) is 51.4 Å². The summed E-state index contributed by atoms with van der Waals surface area (Å²) in [5.74, 6) is 4.72. The fourth-order valence-electron chi connectivity index (χ4n) is 5.17. The molecule has 0 aromatic carbocycles. The molecule has 4 aliphatic carbocycles. The Kier molecular flexibility index (Phi) is 2.18. The van der Waals surface area contributed by atoms with Crippen LogP contribution in [0.2, 0.25) is 0 Å². The highest BCUT2D eigenvalue weighted by atomic mass is 31.1. The maximum Gasteiger partial charge on any atom is -0.0203 e. The lowest BCUT2D eigenvalue weighted by Crippen LogP contribution is -2.19. The molecule has 4 fully saturated rings. The minimum atomic E-state index is 1.17. The van der Waals surface area contributed by atoms with Gasteiger partial charge in [0.2, 0.25) is 0 Å². The van der Waals surface area contributed by atoms with Gasteiger partial charge in [-0.2, -0.15) is 0 Å². The van der Waals surface area contributed by atoms with Gasteiger partial charge in [0, 0.05) is 0 Å². The molecule has 0 spiro atoms.